The van der Waals surface area contributed by atoms with E-state index in [1.807, 2.05) is 6.92 Å². The van der Waals surface area contributed by atoms with Crippen LogP contribution in [-0.4, -0.2) is 42.8 Å². The summed E-state index contributed by atoms with van der Waals surface area (Å²) < 4.78 is 13.8. The molecule has 3 N–H and O–H groups in total. The van der Waals surface area contributed by atoms with Crippen LogP contribution in [0.4, 0.5) is 10.1 Å². The first-order valence-corrected chi connectivity index (χ1v) is 8.81. The van der Waals surface area contributed by atoms with E-state index < -0.39 is 0 Å². The zero-order valence-electron chi connectivity index (χ0n) is 14.1. The van der Waals surface area contributed by atoms with Gasteiger partial charge in [0.25, 0.3) is 0 Å². The molecule has 1 aromatic rings. The van der Waals surface area contributed by atoms with Gasteiger partial charge >= 0.3 is 0 Å². The second-order valence-electron chi connectivity index (χ2n) is 6.80. The number of aliphatic hydroxyl groups excluding tert-OH is 1. The lowest BCUT2D eigenvalue weighted by Gasteiger charge is -2.34. The van der Waals surface area contributed by atoms with E-state index in [4.69, 9.17) is 0 Å². The standard InChI is InChI=1S/C18H26FN3O2/c1-12(21-18(24)16-3-2-8-20-16)15-11-13(19)4-5-17(15)22-9-6-14(23)7-10-22/h4-5,11-12,14,16,20,23H,2-3,6-10H2,1H3,(H,21,24)/t12?,16-/m0/s1. The van der Waals surface area contributed by atoms with Crippen LogP contribution in [0.1, 0.15) is 44.2 Å². The van der Waals surface area contributed by atoms with Gasteiger partial charge in [0.1, 0.15) is 5.82 Å². The molecule has 0 aliphatic carbocycles. The smallest absolute Gasteiger partial charge is 0.237 e. The van der Waals surface area contributed by atoms with E-state index in [-0.39, 0.29) is 29.9 Å². The van der Waals surface area contributed by atoms with Crippen LogP contribution < -0.4 is 15.5 Å². The van der Waals surface area contributed by atoms with Crippen LogP contribution in [0, 0.1) is 5.82 Å². The quantitative estimate of drug-likeness (QED) is 0.784. The summed E-state index contributed by atoms with van der Waals surface area (Å²) in [7, 11) is 0. The minimum absolute atomic E-state index is 0.0238. The highest BCUT2D eigenvalue weighted by atomic mass is 19.1. The van der Waals surface area contributed by atoms with Gasteiger partial charge in [-0.25, -0.2) is 4.39 Å². The third-order valence-electron chi connectivity index (χ3n) is 5.00. The van der Waals surface area contributed by atoms with E-state index >= 15 is 0 Å². The minimum atomic E-state index is -0.300. The number of aliphatic hydroxyl groups is 1. The summed E-state index contributed by atoms with van der Waals surface area (Å²) in [6, 6.07) is 4.33. The van der Waals surface area contributed by atoms with Crippen LogP contribution >= 0.6 is 0 Å². The van der Waals surface area contributed by atoms with Crippen molar-refractivity contribution < 1.29 is 14.3 Å². The summed E-state index contributed by atoms with van der Waals surface area (Å²) in [6.45, 7) is 4.24. The molecule has 2 heterocycles. The Hall–Kier alpha value is -1.66. The zero-order valence-corrected chi connectivity index (χ0v) is 14.1. The van der Waals surface area contributed by atoms with Crippen molar-refractivity contribution in [3.8, 4) is 0 Å². The molecule has 2 fully saturated rings. The predicted molar refractivity (Wildman–Crippen MR) is 91.4 cm³/mol. The summed E-state index contributed by atoms with van der Waals surface area (Å²) in [4.78, 5) is 14.5. The Labute approximate surface area is 142 Å². The summed E-state index contributed by atoms with van der Waals surface area (Å²) in [5.41, 5.74) is 1.73. The number of carbonyl (C=O) groups is 1. The monoisotopic (exact) mass is 335 g/mol. The molecule has 0 aromatic heterocycles. The molecule has 5 nitrogen and oxygen atoms in total. The lowest BCUT2D eigenvalue weighted by atomic mass is 10.0. The van der Waals surface area contributed by atoms with Crippen LogP contribution in [0.3, 0.4) is 0 Å². The Morgan fingerprint density at radius 1 is 1.38 bits per heavy atom. The molecule has 0 saturated carbocycles. The SMILES string of the molecule is CC(NC(=O)[C@@H]1CCCN1)c1cc(F)ccc1N1CCC(O)CC1. The fourth-order valence-electron chi connectivity index (χ4n) is 3.57. The minimum Gasteiger partial charge on any atom is -0.393 e. The maximum absolute atomic E-state index is 13.8. The Kier molecular flexibility index (Phi) is 5.36. The average Bonchev–Trinajstić information content (AvgIpc) is 3.10. The topological polar surface area (TPSA) is 64.6 Å². The van der Waals surface area contributed by atoms with E-state index in [9.17, 15) is 14.3 Å². The third kappa shape index (κ3) is 3.87. The third-order valence-corrected chi connectivity index (χ3v) is 5.00. The largest absolute Gasteiger partial charge is 0.393 e. The Morgan fingerprint density at radius 3 is 2.79 bits per heavy atom. The number of nitrogens with zero attached hydrogens (tertiary/aromatic N) is 1. The number of anilines is 1. The average molecular weight is 335 g/mol. The Bertz CT molecular complexity index is 582. The molecule has 132 valence electrons. The second kappa shape index (κ2) is 7.49. The van der Waals surface area contributed by atoms with Crippen molar-refractivity contribution in [1.82, 2.24) is 10.6 Å². The molecule has 24 heavy (non-hydrogen) atoms. The second-order valence-corrected chi connectivity index (χ2v) is 6.80. The van der Waals surface area contributed by atoms with Gasteiger partial charge in [0.2, 0.25) is 5.91 Å². The van der Waals surface area contributed by atoms with Crippen molar-refractivity contribution in [2.75, 3.05) is 24.5 Å². The highest BCUT2D eigenvalue weighted by molar-refractivity contribution is 5.82. The van der Waals surface area contributed by atoms with Gasteiger partial charge in [0.15, 0.2) is 0 Å². The normalized spacial score (nSPS) is 23.3. The van der Waals surface area contributed by atoms with E-state index in [1.165, 1.54) is 12.1 Å². The number of benzene rings is 1. The number of halogens is 1. The molecule has 6 heteroatoms. The fourth-order valence-corrected chi connectivity index (χ4v) is 3.57. The molecule has 2 atom stereocenters. The van der Waals surface area contributed by atoms with Gasteiger partial charge in [-0.1, -0.05) is 0 Å². The van der Waals surface area contributed by atoms with Crippen LogP contribution in [0.5, 0.6) is 0 Å². The van der Waals surface area contributed by atoms with Gasteiger partial charge in [0.05, 0.1) is 18.2 Å². The summed E-state index contributed by atoms with van der Waals surface area (Å²) in [5.74, 6) is -0.324. The zero-order chi connectivity index (χ0) is 17.1. The summed E-state index contributed by atoms with van der Waals surface area (Å²) in [5, 5.41) is 15.9. The maximum atomic E-state index is 13.8. The molecule has 2 aliphatic heterocycles. The fraction of sp³-hybridized carbons (Fsp3) is 0.611. The Morgan fingerprint density at radius 2 is 2.12 bits per heavy atom. The first-order chi connectivity index (χ1) is 11.5. The van der Waals surface area contributed by atoms with Crippen molar-refractivity contribution in [3.63, 3.8) is 0 Å². The molecular weight excluding hydrogens is 309 g/mol. The summed E-state index contributed by atoms with van der Waals surface area (Å²) in [6.07, 6.45) is 3.02. The number of nitrogens with one attached hydrogen (secondary N) is 2. The van der Waals surface area contributed by atoms with Crippen LogP contribution in [0.2, 0.25) is 0 Å². The molecule has 0 radical (unpaired) electrons. The van der Waals surface area contributed by atoms with Gasteiger partial charge < -0.3 is 20.6 Å². The number of hydrogen-bond acceptors (Lipinski definition) is 4. The molecule has 1 unspecified atom stereocenters. The number of carbonyl (C=O) groups excluding carboxylic acids is 1. The van der Waals surface area contributed by atoms with Crippen LogP contribution in [-0.2, 0) is 4.79 Å². The maximum Gasteiger partial charge on any atom is 0.237 e. The van der Waals surface area contributed by atoms with E-state index in [0.29, 0.717) is 12.8 Å². The highest BCUT2D eigenvalue weighted by Crippen LogP contribution is 2.30. The molecule has 1 amide bonds. The van der Waals surface area contributed by atoms with Crippen molar-refractivity contribution in [2.24, 2.45) is 0 Å². The van der Waals surface area contributed by atoms with Crippen molar-refractivity contribution in [2.45, 2.75) is 50.8 Å². The highest BCUT2D eigenvalue weighted by Gasteiger charge is 2.26. The van der Waals surface area contributed by atoms with Crippen LogP contribution in [0.15, 0.2) is 18.2 Å². The van der Waals surface area contributed by atoms with Gasteiger partial charge in [-0.3, -0.25) is 4.79 Å². The molecule has 2 saturated heterocycles. The first kappa shape index (κ1) is 17.2. The predicted octanol–water partition coefficient (Wildman–Crippen LogP) is 1.72. The lowest BCUT2D eigenvalue weighted by molar-refractivity contribution is -0.123. The molecular formula is C18H26FN3O2. The summed E-state index contributed by atoms with van der Waals surface area (Å²) >= 11 is 0. The van der Waals surface area contributed by atoms with Crippen molar-refractivity contribution in [3.05, 3.63) is 29.6 Å². The van der Waals surface area contributed by atoms with E-state index in [0.717, 1.165) is 43.7 Å². The first-order valence-electron chi connectivity index (χ1n) is 8.81. The molecule has 0 bridgehead atoms. The number of amides is 1. The van der Waals surface area contributed by atoms with Gasteiger partial charge in [-0.2, -0.15) is 0 Å². The lowest BCUT2D eigenvalue weighted by Crippen LogP contribution is -2.42. The number of rotatable bonds is 4. The van der Waals surface area contributed by atoms with Crippen molar-refractivity contribution in [1.29, 1.82) is 0 Å². The number of hydrogen-bond donors (Lipinski definition) is 3. The molecule has 2 aliphatic rings. The van der Waals surface area contributed by atoms with E-state index in [2.05, 4.69) is 15.5 Å². The van der Waals surface area contributed by atoms with Gasteiger partial charge in [-0.15, -0.1) is 0 Å². The van der Waals surface area contributed by atoms with Gasteiger partial charge in [0, 0.05) is 24.3 Å². The molecule has 0 spiro atoms. The molecule has 3 rings (SSSR count). The Balaban J connectivity index is 1.75. The molecule has 1 aromatic carbocycles. The van der Waals surface area contributed by atoms with Crippen molar-refractivity contribution >= 4 is 11.6 Å². The van der Waals surface area contributed by atoms with Crippen LogP contribution in [0.25, 0.3) is 0 Å². The van der Waals surface area contributed by atoms with E-state index in [1.54, 1.807) is 6.07 Å². The van der Waals surface area contributed by atoms with Gasteiger partial charge in [-0.05, 0) is 57.4 Å². The number of piperidine rings is 1.